The number of anilines is 1. The maximum absolute atomic E-state index is 13.5. The molecule has 8 heteroatoms. The first-order chi connectivity index (χ1) is 15.6. The van der Waals surface area contributed by atoms with Crippen molar-refractivity contribution in [1.82, 2.24) is 9.88 Å². The van der Waals surface area contributed by atoms with Gasteiger partial charge in [0.25, 0.3) is 5.91 Å². The molecule has 2 aromatic carbocycles. The molecule has 1 aromatic heterocycles. The predicted octanol–water partition coefficient (Wildman–Crippen LogP) is 3.30. The minimum Gasteiger partial charge on any atom is -0.491 e. The van der Waals surface area contributed by atoms with Gasteiger partial charge in [-0.3, -0.25) is 19.5 Å². The Morgan fingerprint density at radius 1 is 1.12 bits per heavy atom. The first kappa shape index (κ1) is 21.8. The Labute approximate surface area is 190 Å². The van der Waals surface area contributed by atoms with Gasteiger partial charge in [-0.25, -0.2) is 0 Å². The van der Waals surface area contributed by atoms with E-state index in [1.807, 2.05) is 36.4 Å². The van der Waals surface area contributed by atoms with Crippen molar-refractivity contribution < 1.29 is 19.4 Å². The van der Waals surface area contributed by atoms with Crippen molar-refractivity contribution in [3.05, 3.63) is 88.7 Å². The van der Waals surface area contributed by atoms with Crippen LogP contribution in [0.25, 0.3) is 0 Å². The van der Waals surface area contributed by atoms with Crippen molar-refractivity contribution >= 4 is 29.1 Å². The number of aromatic nitrogens is 1. The van der Waals surface area contributed by atoms with Crippen LogP contribution in [0.3, 0.4) is 0 Å². The second kappa shape index (κ2) is 9.80. The fourth-order valence-corrected chi connectivity index (χ4v) is 3.88. The summed E-state index contributed by atoms with van der Waals surface area (Å²) in [5.41, 5.74) is 2.73. The molecule has 0 saturated heterocycles. The maximum atomic E-state index is 13.5. The number of hydrogen-bond donors (Lipinski definition) is 1. The van der Waals surface area contributed by atoms with Gasteiger partial charge >= 0.3 is 0 Å². The first-order valence-corrected chi connectivity index (χ1v) is 10.5. The molecule has 2 heterocycles. The standard InChI is InChI=1S/C24H22ClN3O4/c25-21-12-19(32-11-10-29)7-8-20(21)24(31)28-16-23(30)27(14-17-4-3-9-26-13-17)15-18-5-1-2-6-22(18)28/h1-9,12-13,29H,10-11,14-16H2. The van der Waals surface area contributed by atoms with Crippen molar-refractivity contribution in [3.8, 4) is 5.75 Å². The number of para-hydroxylation sites is 1. The van der Waals surface area contributed by atoms with E-state index in [-0.39, 0.29) is 42.2 Å². The number of hydrogen-bond acceptors (Lipinski definition) is 5. The highest BCUT2D eigenvalue weighted by Crippen LogP contribution is 2.30. The fourth-order valence-electron chi connectivity index (χ4n) is 3.63. The lowest BCUT2D eigenvalue weighted by atomic mass is 10.1. The lowest BCUT2D eigenvalue weighted by Crippen LogP contribution is -2.40. The summed E-state index contributed by atoms with van der Waals surface area (Å²) >= 11 is 6.37. The third-order valence-electron chi connectivity index (χ3n) is 5.16. The van der Waals surface area contributed by atoms with Crippen LogP contribution in [0.1, 0.15) is 21.5 Å². The van der Waals surface area contributed by atoms with Crippen molar-refractivity contribution in [3.63, 3.8) is 0 Å². The molecule has 1 aliphatic heterocycles. The van der Waals surface area contributed by atoms with Gasteiger partial charge in [-0.05, 0) is 41.5 Å². The molecule has 7 nitrogen and oxygen atoms in total. The summed E-state index contributed by atoms with van der Waals surface area (Å²) in [4.78, 5) is 33.9. The van der Waals surface area contributed by atoms with Crippen LogP contribution < -0.4 is 9.64 Å². The number of carbonyl (C=O) groups excluding carboxylic acids is 2. The molecule has 164 valence electrons. The number of ether oxygens (including phenoxy) is 1. The number of rotatable bonds is 6. The van der Waals surface area contributed by atoms with E-state index in [4.69, 9.17) is 21.4 Å². The fraction of sp³-hybridized carbons (Fsp3) is 0.208. The number of amides is 2. The van der Waals surface area contributed by atoms with E-state index in [1.165, 1.54) is 11.0 Å². The van der Waals surface area contributed by atoms with Crippen LogP contribution >= 0.6 is 11.6 Å². The van der Waals surface area contributed by atoms with E-state index in [0.717, 1.165) is 11.1 Å². The molecular formula is C24H22ClN3O4. The Hall–Kier alpha value is -3.42. The van der Waals surface area contributed by atoms with Crippen LogP contribution in [-0.4, -0.2) is 46.6 Å². The molecule has 3 aromatic rings. The van der Waals surface area contributed by atoms with Crippen LogP contribution in [-0.2, 0) is 17.9 Å². The Kier molecular flexibility index (Phi) is 6.68. The quantitative estimate of drug-likeness (QED) is 0.621. The zero-order valence-electron chi connectivity index (χ0n) is 17.3. The Morgan fingerprint density at radius 2 is 1.97 bits per heavy atom. The Balaban J connectivity index is 1.63. The molecule has 0 unspecified atom stereocenters. The lowest BCUT2D eigenvalue weighted by molar-refractivity contribution is -0.130. The number of carbonyl (C=O) groups is 2. The van der Waals surface area contributed by atoms with Gasteiger partial charge in [0.05, 0.1) is 17.2 Å². The third kappa shape index (κ3) is 4.74. The number of fused-ring (bicyclic) bond motifs is 1. The molecule has 0 radical (unpaired) electrons. The van der Waals surface area contributed by atoms with Crippen LogP contribution in [0, 0.1) is 0 Å². The number of aliphatic hydroxyl groups excluding tert-OH is 1. The smallest absolute Gasteiger partial charge is 0.260 e. The Bertz CT molecular complexity index is 1120. The van der Waals surface area contributed by atoms with E-state index in [1.54, 1.807) is 29.4 Å². The van der Waals surface area contributed by atoms with E-state index in [2.05, 4.69) is 4.98 Å². The van der Waals surface area contributed by atoms with E-state index < -0.39 is 0 Å². The van der Waals surface area contributed by atoms with Gasteiger partial charge in [0.1, 0.15) is 18.9 Å². The van der Waals surface area contributed by atoms with Gasteiger partial charge in [0.2, 0.25) is 5.91 Å². The molecule has 1 aliphatic rings. The molecule has 0 saturated carbocycles. The Morgan fingerprint density at radius 3 is 2.72 bits per heavy atom. The van der Waals surface area contributed by atoms with Crippen molar-refractivity contribution in [2.45, 2.75) is 13.1 Å². The summed E-state index contributed by atoms with van der Waals surface area (Å²) in [7, 11) is 0. The molecule has 2 amide bonds. The van der Waals surface area contributed by atoms with Gasteiger partial charge in [0.15, 0.2) is 0 Å². The van der Waals surface area contributed by atoms with E-state index in [0.29, 0.717) is 24.5 Å². The monoisotopic (exact) mass is 451 g/mol. The molecule has 32 heavy (non-hydrogen) atoms. The second-order valence-corrected chi connectivity index (χ2v) is 7.75. The van der Waals surface area contributed by atoms with Gasteiger partial charge in [0, 0.05) is 31.2 Å². The van der Waals surface area contributed by atoms with Crippen molar-refractivity contribution in [2.75, 3.05) is 24.7 Å². The molecule has 0 spiro atoms. The zero-order valence-corrected chi connectivity index (χ0v) is 18.0. The summed E-state index contributed by atoms with van der Waals surface area (Å²) in [5.74, 6) is -0.0826. The van der Waals surface area contributed by atoms with E-state index in [9.17, 15) is 9.59 Å². The zero-order chi connectivity index (χ0) is 22.5. The van der Waals surface area contributed by atoms with Crippen molar-refractivity contribution in [1.29, 1.82) is 0 Å². The highest BCUT2D eigenvalue weighted by molar-refractivity contribution is 6.34. The van der Waals surface area contributed by atoms with E-state index >= 15 is 0 Å². The van der Waals surface area contributed by atoms with Crippen LogP contribution in [0.5, 0.6) is 5.75 Å². The number of halogens is 1. The summed E-state index contributed by atoms with van der Waals surface area (Å²) in [5, 5.41) is 9.13. The lowest BCUT2D eigenvalue weighted by Gasteiger charge is -2.23. The summed E-state index contributed by atoms with van der Waals surface area (Å²) < 4.78 is 5.35. The molecule has 0 bridgehead atoms. The number of aliphatic hydroxyl groups is 1. The summed E-state index contributed by atoms with van der Waals surface area (Å²) in [6, 6.07) is 16.0. The summed E-state index contributed by atoms with van der Waals surface area (Å²) in [6.45, 7) is 0.691. The number of benzene rings is 2. The maximum Gasteiger partial charge on any atom is 0.260 e. The average molecular weight is 452 g/mol. The minimum atomic E-state index is -0.368. The molecule has 4 rings (SSSR count). The van der Waals surface area contributed by atoms with Crippen LogP contribution in [0.2, 0.25) is 5.02 Å². The van der Waals surface area contributed by atoms with Crippen LogP contribution in [0.15, 0.2) is 67.0 Å². The minimum absolute atomic E-state index is 0.102. The normalized spacial score (nSPS) is 13.5. The van der Waals surface area contributed by atoms with Crippen LogP contribution in [0.4, 0.5) is 5.69 Å². The first-order valence-electron chi connectivity index (χ1n) is 10.2. The molecule has 0 atom stereocenters. The number of nitrogens with zero attached hydrogens (tertiary/aromatic N) is 3. The van der Waals surface area contributed by atoms with Gasteiger partial charge < -0.3 is 14.7 Å². The van der Waals surface area contributed by atoms with Gasteiger partial charge in [-0.2, -0.15) is 0 Å². The largest absolute Gasteiger partial charge is 0.491 e. The van der Waals surface area contributed by atoms with Crippen molar-refractivity contribution in [2.24, 2.45) is 0 Å². The SMILES string of the molecule is O=C1CN(C(=O)c2ccc(OCCO)cc2Cl)c2ccccc2CN1Cc1cccnc1. The predicted molar refractivity (Wildman–Crippen MR) is 121 cm³/mol. The topological polar surface area (TPSA) is 83.0 Å². The average Bonchev–Trinajstić information content (AvgIpc) is 2.94. The highest BCUT2D eigenvalue weighted by Gasteiger charge is 2.30. The second-order valence-electron chi connectivity index (χ2n) is 7.34. The molecule has 0 fully saturated rings. The molecule has 1 N–H and O–H groups in total. The number of pyridine rings is 1. The third-order valence-corrected chi connectivity index (χ3v) is 5.47. The highest BCUT2D eigenvalue weighted by atomic mass is 35.5. The van der Waals surface area contributed by atoms with Gasteiger partial charge in [-0.15, -0.1) is 0 Å². The van der Waals surface area contributed by atoms with Gasteiger partial charge in [-0.1, -0.05) is 35.9 Å². The molecular weight excluding hydrogens is 430 g/mol. The molecule has 0 aliphatic carbocycles. The summed E-state index contributed by atoms with van der Waals surface area (Å²) in [6.07, 6.45) is 3.42.